The average molecular weight is 356 g/mol. The molecule has 0 bridgehead atoms. The lowest BCUT2D eigenvalue weighted by molar-refractivity contribution is -0.132. The van der Waals surface area contributed by atoms with Crippen LogP contribution in [0.25, 0.3) is 0 Å². The predicted octanol–water partition coefficient (Wildman–Crippen LogP) is 1.91. The molecule has 0 radical (unpaired) electrons. The van der Waals surface area contributed by atoms with Crippen molar-refractivity contribution in [3.05, 3.63) is 35.0 Å². The van der Waals surface area contributed by atoms with Crippen molar-refractivity contribution in [2.24, 2.45) is 5.92 Å². The number of aromatic amines is 1. The molecule has 3 rings (SSSR count). The number of piperidine rings is 1. The Bertz CT molecular complexity index is 750. The lowest BCUT2D eigenvalue weighted by Gasteiger charge is -2.33. The van der Waals surface area contributed by atoms with Crippen LogP contribution in [0.1, 0.15) is 35.5 Å². The van der Waals surface area contributed by atoms with Gasteiger partial charge in [0.25, 0.3) is 0 Å². The molecule has 26 heavy (non-hydrogen) atoms. The van der Waals surface area contributed by atoms with Crippen molar-refractivity contribution in [1.82, 2.24) is 25.1 Å². The van der Waals surface area contributed by atoms with E-state index < -0.39 is 0 Å². The summed E-state index contributed by atoms with van der Waals surface area (Å²) in [6.45, 7) is 5.55. The molecule has 1 N–H and O–H groups in total. The molecule has 1 aliphatic heterocycles. The topological polar surface area (TPSA) is 78.0 Å². The highest BCUT2D eigenvalue weighted by Crippen LogP contribution is 2.24. The first-order valence-corrected chi connectivity index (χ1v) is 9.21. The van der Waals surface area contributed by atoms with E-state index in [2.05, 4.69) is 20.2 Å². The molecule has 0 aromatic carbocycles. The number of aryl methyl sites for hydroxylation is 2. The van der Waals surface area contributed by atoms with Crippen LogP contribution >= 0.6 is 0 Å². The van der Waals surface area contributed by atoms with E-state index in [9.17, 15) is 4.79 Å². The Labute approximate surface area is 154 Å². The summed E-state index contributed by atoms with van der Waals surface area (Å²) >= 11 is 0. The van der Waals surface area contributed by atoms with Gasteiger partial charge < -0.3 is 9.80 Å². The number of anilines is 1. The predicted molar refractivity (Wildman–Crippen MR) is 101 cm³/mol. The zero-order chi connectivity index (χ0) is 18.7. The maximum atomic E-state index is 12.8. The molecule has 2 aromatic heterocycles. The first-order chi connectivity index (χ1) is 12.5. The van der Waals surface area contributed by atoms with E-state index in [1.165, 1.54) is 0 Å². The van der Waals surface area contributed by atoms with Crippen LogP contribution in [0.5, 0.6) is 0 Å². The van der Waals surface area contributed by atoms with Gasteiger partial charge in [0.2, 0.25) is 5.91 Å². The fourth-order valence-corrected chi connectivity index (χ4v) is 3.71. The van der Waals surface area contributed by atoms with E-state index in [1.54, 1.807) is 12.4 Å². The van der Waals surface area contributed by atoms with E-state index in [4.69, 9.17) is 0 Å². The van der Waals surface area contributed by atoms with Crippen LogP contribution < -0.4 is 4.90 Å². The Balaban J connectivity index is 1.65. The molecule has 0 saturated carbocycles. The zero-order valence-electron chi connectivity index (χ0n) is 16.1. The number of aromatic nitrogens is 4. The maximum absolute atomic E-state index is 12.8. The molecule has 140 valence electrons. The van der Waals surface area contributed by atoms with Crippen LogP contribution in [-0.2, 0) is 17.6 Å². The van der Waals surface area contributed by atoms with Crippen LogP contribution in [0.4, 0.5) is 5.82 Å². The van der Waals surface area contributed by atoms with Gasteiger partial charge in [-0.1, -0.05) is 0 Å². The van der Waals surface area contributed by atoms with E-state index in [-0.39, 0.29) is 5.91 Å². The second-order valence-corrected chi connectivity index (χ2v) is 7.36. The quantitative estimate of drug-likeness (QED) is 0.885. The molecule has 7 nitrogen and oxygen atoms in total. The van der Waals surface area contributed by atoms with Gasteiger partial charge in [0.05, 0.1) is 17.8 Å². The monoisotopic (exact) mass is 356 g/mol. The summed E-state index contributed by atoms with van der Waals surface area (Å²) in [6, 6.07) is 0. The van der Waals surface area contributed by atoms with Crippen molar-refractivity contribution in [3.63, 3.8) is 0 Å². The fraction of sp³-hybridized carbons (Fsp3) is 0.579. The molecule has 0 aliphatic carbocycles. The van der Waals surface area contributed by atoms with E-state index >= 15 is 0 Å². The molecule has 1 amide bonds. The Morgan fingerprint density at radius 3 is 2.77 bits per heavy atom. The third-order valence-corrected chi connectivity index (χ3v) is 5.14. The normalized spacial score (nSPS) is 17.4. The van der Waals surface area contributed by atoms with Crippen LogP contribution in [0.3, 0.4) is 0 Å². The van der Waals surface area contributed by atoms with Crippen LogP contribution in [-0.4, -0.2) is 58.2 Å². The number of hydrogen-bond donors (Lipinski definition) is 1. The number of rotatable bonds is 5. The Morgan fingerprint density at radius 1 is 1.31 bits per heavy atom. The van der Waals surface area contributed by atoms with Crippen molar-refractivity contribution in [3.8, 4) is 0 Å². The van der Waals surface area contributed by atoms with Gasteiger partial charge in [-0.2, -0.15) is 5.10 Å². The van der Waals surface area contributed by atoms with E-state index in [1.807, 2.05) is 37.7 Å². The summed E-state index contributed by atoms with van der Waals surface area (Å²) in [4.78, 5) is 25.8. The van der Waals surface area contributed by atoms with Gasteiger partial charge in [0.15, 0.2) is 0 Å². The summed E-state index contributed by atoms with van der Waals surface area (Å²) in [6.07, 6.45) is 6.92. The molecular formula is C19H28N6O. The van der Waals surface area contributed by atoms with Gasteiger partial charge in [0.1, 0.15) is 5.82 Å². The third kappa shape index (κ3) is 4.03. The van der Waals surface area contributed by atoms with Gasteiger partial charge in [-0.25, -0.2) is 4.98 Å². The zero-order valence-corrected chi connectivity index (χ0v) is 16.1. The molecule has 1 fully saturated rings. The lowest BCUT2D eigenvalue weighted by Crippen LogP contribution is -2.41. The molecule has 7 heteroatoms. The first kappa shape index (κ1) is 18.4. The highest BCUT2D eigenvalue weighted by molar-refractivity contribution is 5.79. The largest absolute Gasteiger partial charge is 0.361 e. The Kier molecular flexibility index (Phi) is 5.54. The number of H-pyrrole nitrogens is 1. The standard InChI is InChI=1S/C19H28N6O/c1-13-16(14(2)23-22-13)11-18(26)25-9-5-6-15(12-25)10-17-19(24(3)4)21-8-7-20-17/h7-8,15H,5-6,9-12H2,1-4H3,(H,22,23). The van der Waals surface area contributed by atoms with Crippen LogP contribution in [0.15, 0.2) is 12.4 Å². The fourth-order valence-electron chi connectivity index (χ4n) is 3.71. The third-order valence-electron chi connectivity index (χ3n) is 5.14. The lowest BCUT2D eigenvalue weighted by atomic mass is 9.92. The first-order valence-electron chi connectivity index (χ1n) is 9.21. The van der Waals surface area contributed by atoms with E-state index in [0.29, 0.717) is 12.3 Å². The van der Waals surface area contributed by atoms with Crippen molar-refractivity contribution >= 4 is 11.7 Å². The SMILES string of the molecule is Cc1n[nH]c(C)c1CC(=O)N1CCCC(Cc2nccnc2N(C)C)C1. The number of hydrogen-bond acceptors (Lipinski definition) is 5. The molecule has 1 unspecified atom stereocenters. The van der Waals surface area contributed by atoms with Crippen molar-refractivity contribution in [2.45, 2.75) is 39.5 Å². The summed E-state index contributed by atoms with van der Waals surface area (Å²) < 4.78 is 0. The average Bonchev–Trinajstić information content (AvgIpc) is 2.94. The van der Waals surface area contributed by atoms with Gasteiger partial charge in [-0.15, -0.1) is 0 Å². The highest BCUT2D eigenvalue weighted by Gasteiger charge is 2.26. The number of carbonyl (C=O) groups excluding carboxylic acids is 1. The van der Waals surface area contributed by atoms with Crippen molar-refractivity contribution < 1.29 is 4.79 Å². The minimum Gasteiger partial charge on any atom is -0.361 e. The number of amides is 1. The Morgan fingerprint density at radius 2 is 2.08 bits per heavy atom. The number of nitrogens with one attached hydrogen (secondary N) is 1. The molecular weight excluding hydrogens is 328 g/mol. The second-order valence-electron chi connectivity index (χ2n) is 7.36. The maximum Gasteiger partial charge on any atom is 0.227 e. The van der Waals surface area contributed by atoms with Crippen molar-refractivity contribution in [2.75, 3.05) is 32.1 Å². The number of nitrogens with zero attached hydrogens (tertiary/aromatic N) is 5. The molecule has 1 saturated heterocycles. The van der Waals surface area contributed by atoms with Gasteiger partial charge >= 0.3 is 0 Å². The molecule has 1 aliphatic rings. The van der Waals surface area contributed by atoms with E-state index in [0.717, 1.165) is 60.8 Å². The molecule has 3 heterocycles. The number of likely N-dealkylation sites (tertiary alicyclic amines) is 1. The summed E-state index contributed by atoms with van der Waals surface area (Å²) in [5.74, 6) is 1.53. The van der Waals surface area contributed by atoms with Crippen molar-refractivity contribution in [1.29, 1.82) is 0 Å². The molecule has 2 aromatic rings. The van der Waals surface area contributed by atoms with Gasteiger partial charge in [0, 0.05) is 50.8 Å². The Hall–Kier alpha value is -2.44. The summed E-state index contributed by atoms with van der Waals surface area (Å²) in [7, 11) is 3.97. The summed E-state index contributed by atoms with van der Waals surface area (Å²) in [5, 5.41) is 7.16. The second kappa shape index (κ2) is 7.85. The number of carbonyl (C=O) groups is 1. The van der Waals surface area contributed by atoms with Gasteiger partial charge in [-0.05, 0) is 39.0 Å². The minimum atomic E-state index is 0.189. The molecule has 0 spiro atoms. The van der Waals surface area contributed by atoms with Crippen LogP contribution in [0, 0.1) is 19.8 Å². The highest BCUT2D eigenvalue weighted by atomic mass is 16.2. The minimum absolute atomic E-state index is 0.189. The molecule has 1 atom stereocenters. The van der Waals surface area contributed by atoms with Gasteiger partial charge in [-0.3, -0.25) is 14.9 Å². The summed E-state index contributed by atoms with van der Waals surface area (Å²) in [5.41, 5.74) is 3.94. The van der Waals surface area contributed by atoms with Crippen LogP contribution in [0.2, 0.25) is 0 Å². The smallest absolute Gasteiger partial charge is 0.227 e.